The lowest BCUT2D eigenvalue weighted by molar-refractivity contribution is 0.149. The fourth-order valence-electron chi connectivity index (χ4n) is 2.40. The lowest BCUT2D eigenvalue weighted by Crippen LogP contribution is -2.35. The summed E-state index contributed by atoms with van der Waals surface area (Å²) >= 11 is 0. The summed E-state index contributed by atoms with van der Waals surface area (Å²) in [6.45, 7) is 4.15. The van der Waals surface area contributed by atoms with E-state index in [-0.39, 0.29) is 12.3 Å². The van der Waals surface area contributed by atoms with Gasteiger partial charge in [-0.25, -0.2) is 8.42 Å². The minimum absolute atomic E-state index is 0.0533. The lowest BCUT2D eigenvalue weighted by atomic mass is 10.1. The molecule has 5 heteroatoms. The van der Waals surface area contributed by atoms with E-state index in [1.54, 1.807) is 19.1 Å². The Labute approximate surface area is 138 Å². The highest BCUT2D eigenvalue weighted by Crippen LogP contribution is 2.18. The van der Waals surface area contributed by atoms with E-state index in [1.807, 2.05) is 49.4 Å². The lowest BCUT2D eigenvalue weighted by Gasteiger charge is -2.23. The van der Waals surface area contributed by atoms with Crippen LogP contribution >= 0.6 is 0 Å². The molecule has 2 rings (SSSR count). The van der Waals surface area contributed by atoms with Gasteiger partial charge in [0.05, 0.1) is 11.9 Å². The number of likely N-dealkylation sites (N-methyl/N-ethyl adjacent to an activating group) is 1. The second-order valence-corrected chi connectivity index (χ2v) is 7.59. The third-order valence-corrected chi connectivity index (χ3v) is 5.67. The van der Waals surface area contributed by atoms with Crippen LogP contribution < -0.4 is 0 Å². The van der Waals surface area contributed by atoms with Gasteiger partial charge in [0.25, 0.3) is 0 Å². The average Bonchev–Trinajstić information content (AvgIpc) is 2.53. The first kappa shape index (κ1) is 17.7. The standard InChI is InChI=1S/C18H23NO3S/c1-3-19(13-18(20)17-11-9-15(2)10-12-17)23(21,22)14-16-7-5-4-6-8-16/h4-12,18,20H,3,13-14H2,1-2H3. The molecule has 124 valence electrons. The van der Waals surface area contributed by atoms with Gasteiger partial charge in [0.15, 0.2) is 0 Å². The monoisotopic (exact) mass is 333 g/mol. The number of aliphatic hydroxyl groups is 1. The molecule has 1 unspecified atom stereocenters. The van der Waals surface area contributed by atoms with Crippen LogP contribution in [0.1, 0.15) is 29.7 Å². The minimum atomic E-state index is -3.46. The van der Waals surface area contributed by atoms with Crippen LogP contribution in [0.25, 0.3) is 0 Å². The van der Waals surface area contributed by atoms with Crippen molar-refractivity contribution in [3.05, 3.63) is 71.3 Å². The van der Waals surface area contributed by atoms with Gasteiger partial charge in [0.2, 0.25) is 10.0 Å². The summed E-state index contributed by atoms with van der Waals surface area (Å²) in [6, 6.07) is 16.6. The Balaban J connectivity index is 2.10. The van der Waals surface area contributed by atoms with Crippen LogP contribution in [0, 0.1) is 6.92 Å². The molecule has 1 N–H and O–H groups in total. The highest BCUT2D eigenvalue weighted by molar-refractivity contribution is 7.88. The maximum Gasteiger partial charge on any atom is 0.218 e. The molecule has 2 aromatic rings. The topological polar surface area (TPSA) is 57.6 Å². The van der Waals surface area contributed by atoms with Gasteiger partial charge >= 0.3 is 0 Å². The number of sulfonamides is 1. The predicted octanol–water partition coefficient (Wildman–Crippen LogP) is 2.88. The number of aliphatic hydroxyl groups excluding tert-OH is 1. The van der Waals surface area contributed by atoms with Gasteiger partial charge in [0.1, 0.15) is 0 Å². The van der Waals surface area contributed by atoms with Gasteiger partial charge < -0.3 is 5.11 Å². The fraction of sp³-hybridized carbons (Fsp3) is 0.333. The van der Waals surface area contributed by atoms with E-state index < -0.39 is 16.1 Å². The van der Waals surface area contributed by atoms with Gasteiger partial charge in [-0.3, -0.25) is 0 Å². The highest BCUT2D eigenvalue weighted by Gasteiger charge is 2.24. The number of nitrogens with zero attached hydrogens (tertiary/aromatic N) is 1. The number of hydrogen-bond acceptors (Lipinski definition) is 3. The van der Waals surface area contributed by atoms with Gasteiger partial charge in [-0.1, -0.05) is 67.1 Å². The van der Waals surface area contributed by atoms with E-state index in [0.29, 0.717) is 6.54 Å². The Kier molecular flexibility index (Phi) is 5.93. The zero-order valence-electron chi connectivity index (χ0n) is 13.5. The molecule has 0 aliphatic carbocycles. The van der Waals surface area contributed by atoms with Crippen molar-refractivity contribution in [2.75, 3.05) is 13.1 Å². The van der Waals surface area contributed by atoms with Crippen molar-refractivity contribution in [1.29, 1.82) is 0 Å². The molecule has 0 heterocycles. The summed E-state index contributed by atoms with van der Waals surface area (Å²) in [6.07, 6.45) is -0.832. The summed E-state index contributed by atoms with van der Waals surface area (Å²) in [7, 11) is -3.46. The molecule has 0 aromatic heterocycles. The molecule has 0 radical (unpaired) electrons. The molecule has 23 heavy (non-hydrogen) atoms. The van der Waals surface area contributed by atoms with Crippen molar-refractivity contribution >= 4 is 10.0 Å². The molecule has 0 saturated carbocycles. The zero-order valence-corrected chi connectivity index (χ0v) is 14.3. The zero-order chi connectivity index (χ0) is 16.9. The molecular formula is C18H23NO3S. The van der Waals surface area contributed by atoms with E-state index >= 15 is 0 Å². The number of hydrogen-bond donors (Lipinski definition) is 1. The smallest absolute Gasteiger partial charge is 0.218 e. The molecule has 0 aliphatic rings. The van der Waals surface area contributed by atoms with Crippen LogP contribution in [0.2, 0.25) is 0 Å². The van der Waals surface area contributed by atoms with Crippen LogP contribution in [-0.2, 0) is 15.8 Å². The number of rotatable bonds is 7. The van der Waals surface area contributed by atoms with E-state index in [1.165, 1.54) is 4.31 Å². The first-order chi connectivity index (χ1) is 10.9. The maximum atomic E-state index is 12.6. The third kappa shape index (κ3) is 4.89. The Morgan fingerprint density at radius 3 is 2.22 bits per heavy atom. The molecule has 0 spiro atoms. The van der Waals surface area contributed by atoms with Crippen LogP contribution in [0.15, 0.2) is 54.6 Å². The molecule has 0 saturated heterocycles. The average molecular weight is 333 g/mol. The maximum absolute atomic E-state index is 12.6. The second kappa shape index (κ2) is 7.73. The van der Waals surface area contributed by atoms with Crippen molar-refractivity contribution in [3.63, 3.8) is 0 Å². The Morgan fingerprint density at radius 1 is 1.04 bits per heavy atom. The fourth-order valence-corrected chi connectivity index (χ4v) is 3.96. The summed E-state index contributed by atoms with van der Waals surface area (Å²) in [5.41, 5.74) is 2.57. The molecule has 2 aromatic carbocycles. The van der Waals surface area contributed by atoms with Crippen LogP contribution in [0.5, 0.6) is 0 Å². The van der Waals surface area contributed by atoms with Gasteiger partial charge in [-0.15, -0.1) is 0 Å². The van der Waals surface area contributed by atoms with Crippen molar-refractivity contribution < 1.29 is 13.5 Å². The van der Waals surface area contributed by atoms with Crippen LogP contribution in [0.4, 0.5) is 0 Å². The summed E-state index contributed by atoms with van der Waals surface area (Å²) in [4.78, 5) is 0. The van der Waals surface area contributed by atoms with E-state index in [4.69, 9.17) is 0 Å². The molecular weight excluding hydrogens is 310 g/mol. The van der Waals surface area contributed by atoms with Gasteiger partial charge in [-0.05, 0) is 18.1 Å². The van der Waals surface area contributed by atoms with Crippen LogP contribution in [0.3, 0.4) is 0 Å². The van der Waals surface area contributed by atoms with Gasteiger partial charge in [-0.2, -0.15) is 4.31 Å². The molecule has 0 aliphatic heterocycles. The van der Waals surface area contributed by atoms with E-state index in [9.17, 15) is 13.5 Å². The van der Waals surface area contributed by atoms with E-state index in [0.717, 1.165) is 16.7 Å². The largest absolute Gasteiger partial charge is 0.387 e. The summed E-state index contributed by atoms with van der Waals surface area (Å²) in [5, 5.41) is 10.3. The van der Waals surface area contributed by atoms with Gasteiger partial charge in [0, 0.05) is 13.1 Å². The number of benzene rings is 2. The number of aryl methyl sites for hydroxylation is 1. The van der Waals surface area contributed by atoms with E-state index in [2.05, 4.69) is 0 Å². The van der Waals surface area contributed by atoms with Crippen molar-refractivity contribution in [2.45, 2.75) is 25.7 Å². The van der Waals surface area contributed by atoms with Crippen molar-refractivity contribution in [2.24, 2.45) is 0 Å². The summed E-state index contributed by atoms with van der Waals surface area (Å²) in [5.74, 6) is -0.0533. The molecule has 1 atom stereocenters. The van der Waals surface area contributed by atoms with Crippen LogP contribution in [-0.4, -0.2) is 30.9 Å². The third-order valence-electron chi connectivity index (χ3n) is 3.78. The minimum Gasteiger partial charge on any atom is -0.387 e. The Hall–Kier alpha value is -1.69. The molecule has 0 fully saturated rings. The SMILES string of the molecule is CCN(CC(O)c1ccc(C)cc1)S(=O)(=O)Cc1ccccc1. The first-order valence-electron chi connectivity index (χ1n) is 7.68. The predicted molar refractivity (Wildman–Crippen MR) is 92.5 cm³/mol. The Morgan fingerprint density at radius 2 is 1.65 bits per heavy atom. The molecule has 0 bridgehead atoms. The summed E-state index contributed by atoms with van der Waals surface area (Å²) < 4.78 is 26.5. The van der Waals surface area contributed by atoms with Crippen molar-refractivity contribution in [3.8, 4) is 0 Å². The normalized spacial score (nSPS) is 13.2. The highest BCUT2D eigenvalue weighted by atomic mass is 32.2. The molecule has 4 nitrogen and oxygen atoms in total. The quantitative estimate of drug-likeness (QED) is 0.847. The van der Waals surface area contributed by atoms with Crippen molar-refractivity contribution in [1.82, 2.24) is 4.31 Å². The first-order valence-corrected chi connectivity index (χ1v) is 9.29. The Bertz CT molecular complexity index is 712. The molecule has 0 amide bonds. The second-order valence-electron chi connectivity index (χ2n) is 5.62.